The zero-order chi connectivity index (χ0) is 15.6. The molecule has 1 heterocycles. The zero-order valence-corrected chi connectivity index (χ0v) is 12.9. The highest BCUT2D eigenvalue weighted by Crippen LogP contribution is 2.27. The van der Waals surface area contributed by atoms with Crippen molar-refractivity contribution in [2.24, 2.45) is 11.8 Å². The first-order valence-corrected chi connectivity index (χ1v) is 9.10. The molecule has 2 fully saturated rings. The number of carboxylic acids is 1. The second-order valence-corrected chi connectivity index (χ2v) is 7.97. The largest absolute Gasteiger partial charge is 0.481 e. The predicted molar refractivity (Wildman–Crippen MR) is 76.0 cm³/mol. The molecule has 0 aromatic carbocycles. The van der Waals surface area contributed by atoms with Crippen LogP contribution in [0.4, 0.5) is 0 Å². The highest BCUT2D eigenvalue weighted by Gasteiger charge is 2.33. The molecule has 21 heavy (non-hydrogen) atoms. The molecule has 1 aliphatic carbocycles. The van der Waals surface area contributed by atoms with E-state index in [-0.39, 0.29) is 23.8 Å². The number of rotatable bonds is 4. The lowest BCUT2D eigenvalue weighted by molar-refractivity contribution is -0.141. The summed E-state index contributed by atoms with van der Waals surface area (Å²) >= 11 is 0. The van der Waals surface area contributed by atoms with E-state index >= 15 is 0 Å². The number of amides is 1. The molecule has 0 bridgehead atoms. The third-order valence-corrected chi connectivity index (χ3v) is 5.73. The molecule has 120 valence electrons. The first-order chi connectivity index (χ1) is 9.77. The molecule has 0 aromatic rings. The molecular weight excluding hydrogens is 296 g/mol. The van der Waals surface area contributed by atoms with Crippen LogP contribution in [0.3, 0.4) is 0 Å². The lowest BCUT2D eigenvalue weighted by atomic mass is 9.96. The molecule has 2 atom stereocenters. The summed E-state index contributed by atoms with van der Waals surface area (Å²) in [4.78, 5) is 23.1. The number of aliphatic carboxylic acids is 1. The summed E-state index contributed by atoms with van der Waals surface area (Å²) in [5, 5.41) is 11.9. The predicted octanol–water partition coefficient (Wildman–Crippen LogP) is 0.0275. The van der Waals surface area contributed by atoms with Crippen LogP contribution in [-0.2, 0) is 19.6 Å². The molecule has 7 nitrogen and oxygen atoms in total. The number of carboxylic acid groups (broad SMARTS) is 1. The molecular formula is C13H22N2O5S. The highest BCUT2D eigenvalue weighted by atomic mass is 32.2. The first-order valence-electron chi connectivity index (χ1n) is 7.25. The maximum Gasteiger partial charge on any atom is 0.306 e. The summed E-state index contributed by atoms with van der Waals surface area (Å²) in [6, 6.07) is -0.0634. The minimum Gasteiger partial charge on any atom is -0.481 e. The van der Waals surface area contributed by atoms with Crippen LogP contribution in [0.15, 0.2) is 0 Å². The number of carbonyl (C=O) groups excluding carboxylic acids is 1. The number of nitrogens with zero attached hydrogens (tertiary/aromatic N) is 1. The Balaban J connectivity index is 1.79. The van der Waals surface area contributed by atoms with Crippen LogP contribution < -0.4 is 5.32 Å². The van der Waals surface area contributed by atoms with Crippen molar-refractivity contribution < 1.29 is 23.1 Å². The number of sulfonamides is 1. The van der Waals surface area contributed by atoms with Crippen molar-refractivity contribution in [2.75, 3.05) is 19.3 Å². The topological polar surface area (TPSA) is 104 Å². The summed E-state index contributed by atoms with van der Waals surface area (Å²) < 4.78 is 24.2. The van der Waals surface area contributed by atoms with Gasteiger partial charge >= 0.3 is 5.97 Å². The normalized spacial score (nSPS) is 28.4. The van der Waals surface area contributed by atoms with Gasteiger partial charge in [0.1, 0.15) is 0 Å². The quantitative estimate of drug-likeness (QED) is 0.761. The van der Waals surface area contributed by atoms with Gasteiger partial charge < -0.3 is 10.4 Å². The standard InChI is InChI=1S/C13H22N2O5S/c1-21(19,20)15-6-4-9(5-7-15)12(16)14-11-3-2-10(8-11)13(17)18/h9-11H,2-8H2,1H3,(H,14,16)(H,17,18)/t10-,11+/m1/s1. The fraction of sp³-hybridized carbons (Fsp3) is 0.846. The van der Waals surface area contributed by atoms with Crippen LogP contribution >= 0.6 is 0 Å². The van der Waals surface area contributed by atoms with Gasteiger partial charge in [-0.15, -0.1) is 0 Å². The van der Waals surface area contributed by atoms with E-state index in [0.717, 1.165) is 0 Å². The first kappa shape index (κ1) is 16.2. The second kappa shape index (κ2) is 6.31. The molecule has 8 heteroatoms. The van der Waals surface area contributed by atoms with Crippen LogP contribution in [0.5, 0.6) is 0 Å². The summed E-state index contributed by atoms with van der Waals surface area (Å²) in [6.45, 7) is 0.749. The Kier molecular flexibility index (Phi) is 4.88. The molecule has 1 saturated carbocycles. The third-order valence-electron chi connectivity index (χ3n) is 4.42. The Morgan fingerprint density at radius 2 is 1.71 bits per heavy atom. The van der Waals surface area contributed by atoms with Crippen molar-refractivity contribution in [3.05, 3.63) is 0 Å². The second-order valence-electron chi connectivity index (χ2n) is 5.99. The summed E-state index contributed by atoms with van der Waals surface area (Å²) in [5.41, 5.74) is 0. The van der Waals surface area contributed by atoms with Crippen LogP contribution in [0, 0.1) is 11.8 Å². The van der Waals surface area contributed by atoms with E-state index in [9.17, 15) is 18.0 Å². The van der Waals surface area contributed by atoms with Crippen molar-refractivity contribution in [2.45, 2.75) is 38.1 Å². The van der Waals surface area contributed by atoms with Gasteiger partial charge in [-0.3, -0.25) is 9.59 Å². The Bertz CT molecular complexity index is 511. The SMILES string of the molecule is CS(=O)(=O)N1CCC(C(=O)N[C@H]2CC[C@@H](C(=O)O)C2)CC1. The van der Waals surface area contributed by atoms with Crippen LogP contribution in [0.25, 0.3) is 0 Å². The summed E-state index contributed by atoms with van der Waals surface area (Å²) in [5.74, 6) is -1.40. The summed E-state index contributed by atoms with van der Waals surface area (Å²) in [6.07, 6.45) is 4.01. The van der Waals surface area contributed by atoms with Gasteiger partial charge in [0.15, 0.2) is 0 Å². The molecule has 0 radical (unpaired) electrons. The van der Waals surface area contributed by atoms with Gasteiger partial charge in [0.25, 0.3) is 0 Å². The van der Waals surface area contributed by atoms with Gasteiger partial charge in [-0.25, -0.2) is 12.7 Å². The van der Waals surface area contributed by atoms with Crippen LogP contribution in [0.2, 0.25) is 0 Å². The number of piperidine rings is 1. The Morgan fingerprint density at radius 1 is 1.10 bits per heavy atom. The van der Waals surface area contributed by atoms with E-state index in [1.807, 2.05) is 0 Å². The van der Waals surface area contributed by atoms with Crippen molar-refractivity contribution in [1.29, 1.82) is 0 Å². The average Bonchev–Trinajstić information content (AvgIpc) is 2.86. The van der Waals surface area contributed by atoms with Crippen molar-refractivity contribution >= 4 is 21.9 Å². The number of nitrogens with one attached hydrogen (secondary N) is 1. The monoisotopic (exact) mass is 318 g/mol. The third kappa shape index (κ3) is 4.16. The highest BCUT2D eigenvalue weighted by molar-refractivity contribution is 7.88. The van der Waals surface area contributed by atoms with E-state index in [1.54, 1.807) is 0 Å². The minimum absolute atomic E-state index is 0.0634. The molecule has 2 aliphatic rings. The van der Waals surface area contributed by atoms with Crippen molar-refractivity contribution in [1.82, 2.24) is 9.62 Å². The number of hydrogen-bond acceptors (Lipinski definition) is 4. The van der Waals surface area contributed by atoms with Crippen LogP contribution in [0.1, 0.15) is 32.1 Å². The number of hydrogen-bond donors (Lipinski definition) is 2. The number of carbonyl (C=O) groups is 2. The molecule has 2 rings (SSSR count). The molecule has 0 aromatic heterocycles. The lowest BCUT2D eigenvalue weighted by Crippen LogP contribution is -2.44. The van der Waals surface area contributed by atoms with Gasteiger partial charge in [0.05, 0.1) is 12.2 Å². The average molecular weight is 318 g/mol. The maximum atomic E-state index is 12.2. The lowest BCUT2D eigenvalue weighted by Gasteiger charge is -2.30. The minimum atomic E-state index is -3.18. The molecule has 0 unspecified atom stereocenters. The van der Waals surface area contributed by atoms with Gasteiger partial charge in [-0.1, -0.05) is 0 Å². The van der Waals surface area contributed by atoms with Gasteiger partial charge in [0.2, 0.25) is 15.9 Å². The van der Waals surface area contributed by atoms with E-state index in [2.05, 4.69) is 5.32 Å². The molecule has 1 amide bonds. The molecule has 1 aliphatic heterocycles. The van der Waals surface area contributed by atoms with Gasteiger partial charge in [0, 0.05) is 25.0 Å². The fourth-order valence-corrected chi connectivity index (χ4v) is 3.98. The Labute approximate surface area is 124 Å². The Hall–Kier alpha value is -1.15. The smallest absolute Gasteiger partial charge is 0.306 e. The molecule has 2 N–H and O–H groups in total. The van der Waals surface area contributed by atoms with E-state index in [4.69, 9.17) is 5.11 Å². The van der Waals surface area contributed by atoms with Gasteiger partial charge in [-0.05, 0) is 32.1 Å². The fourth-order valence-electron chi connectivity index (χ4n) is 3.11. The van der Waals surface area contributed by atoms with E-state index in [1.165, 1.54) is 10.6 Å². The van der Waals surface area contributed by atoms with Crippen molar-refractivity contribution in [3.8, 4) is 0 Å². The van der Waals surface area contributed by atoms with Gasteiger partial charge in [-0.2, -0.15) is 0 Å². The van der Waals surface area contributed by atoms with E-state index in [0.29, 0.717) is 45.2 Å². The van der Waals surface area contributed by atoms with E-state index < -0.39 is 16.0 Å². The van der Waals surface area contributed by atoms with Crippen LogP contribution in [-0.4, -0.2) is 55.1 Å². The maximum absolute atomic E-state index is 12.2. The summed E-state index contributed by atoms with van der Waals surface area (Å²) in [7, 11) is -3.18. The van der Waals surface area contributed by atoms with Crippen molar-refractivity contribution in [3.63, 3.8) is 0 Å². The molecule has 0 spiro atoms. The Morgan fingerprint density at radius 3 is 2.19 bits per heavy atom. The zero-order valence-electron chi connectivity index (χ0n) is 12.1. The molecule has 1 saturated heterocycles.